The van der Waals surface area contributed by atoms with E-state index in [0.717, 1.165) is 5.56 Å². The van der Waals surface area contributed by atoms with E-state index < -0.39 is 24.3 Å². The molecule has 0 aliphatic carbocycles. The van der Waals surface area contributed by atoms with Crippen LogP contribution in [0.4, 0.5) is 10.1 Å². The van der Waals surface area contributed by atoms with Gasteiger partial charge in [-0.1, -0.05) is 24.3 Å². The molecule has 0 aliphatic heterocycles. The standard InChI is InChI=1S/C21H15FN2O4/c22-17-4-2-1-3-16(17)18-9-10-19(28-18)21(26)27-13-20(25)24-15-7-5-14(6-8-15)11-12-23/h1-10H,11,13H2,(H,24,25). The van der Waals surface area contributed by atoms with E-state index in [9.17, 15) is 14.0 Å². The molecule has 3 aromatic rings. The second-order valence-electron chi connectivity index (χ2n) is 5.80. The highest BCUT2D eigenvalue weighted by atomic mass is 19.1. The van der Waals surface area contributed by atoms with Gasteiger partial charge < -0.3 is 14.5 Å². The number of hydrogen-bond acceptors (Lipinski definition) is 5. The van der Waals surface area contributed by atoms with Crippen LogP contribution in [0.25, 0.3) is 11.3 Å². The predicted octanol–water partition coefficient (Wildman–Crippen LogP) is 3.95. The van der Waals surface area contributed by atoms with Gasteiger partial charge in [-0.3, -0.25) is 4.79 Å². The van der Waals surface area contributed by atoms with Gasteiger partial charge in [0.05, 0.1) is 18.1 Å². The summed E-state index contributed by atoms with van der Waals surface area (Å²) in [5, 5.41) is 11.2. The first kappa shape index (κ1) is 18.9. The quantitative estimate of drug-likeness (QED) is 0.656. The molecule has 3 rings (SSSR count). The number of furan rings is 1. The lowest BCUT2D eigenvalue weighted by atomic mass is 10.1. The Hall–Kier alpha value is -3.92. The first-order valence-corrected chi connectivity index (χ1v) is 8.34. The molecule has 0 bridgehead atoms. The van der Waals surface area contributed by atoms with Gasteiger partial charge in [-0.05, 0) is 42.0 Å². The average Bonchev–Trinajstić information content (AvgIpc) is 3.18. The Kier molecular flexibility index (Phi) is 5.82. The van der Waals surface area contributed by atoms with E-state index >= 15 is 0 Å². The second-order valence-corrected chi connectivity index (χ2v) is 5.80. The molecule has 6 nitrogen and oxygen atoms in total. The lowest BCUT2D eigenvalue weighted by Gasteiger charge is -2.06. The first-order chi connectivity index (χ1) is 13.6. The van der Waals surface area contributed by atoms with Crippen LogP contribution in [0.2, 0.25) is 0 Å². The molecule has 0 unspecified atom stereocenters. The number of rotatable bonds is 6. The Morgan fingerprint density at radius 3 is 2.54 bits per heavy atom. The van der Waals surface area contributed by atoms with Crippen molar-refractivity contribution in [1.29, 1.82) is 5.26 Å². The number of benzene rings is 2. The molecular weight excluding hydrogens is 363 g/mol. The van der Waals surface area contributed by atoms with Crippen molar-refractivity contribution in [1.82, 2.24) is 0 Å². The molecule has 7 heteroatoms. The minimum absolute atomic E-state index is 0.132. The zero-order chi connectivity index (χ0) is 19.9. The maximum absolute atomic E-state index is 13.8. The molecule has 0 saturated carbocycles. The third kappa shape index (κ3) is 4.62. The van der Waals surface area contributed by atoms with E-state index in [1.165, 1.54) is 24.3 Å². The van der Waals surface area contributed by atoms with Crippen LogP contribution >= 0.6 is 0 Å². The lowest BCUT2D eigenvalue weighted by Crippen LogP contribution is -2.20. The fraction of sp³-hybridized carbons (Fsp3) is 0.0952. The molecule has 1 heterocycles. The fourth-order valence-corrected chi connectivity index (χ4v) is 2.45. The Bertz CT molecular complexity index is 1040. The number of halogens is 1. The highest BCUT2D eigenvalue weighted by molar-refractivity contribution is 5.94. The molecule has 1 amide bonds. The zero-order valence-electron chi connectivity index (χ0n) is 14.6. The molecule has 2 aromatic carbocycles. The molecule has 0 fully saturated rings. The van der Waals surface area contributed by atoms with Crippen LogP contribution in [0.15, 0.2) is 65.1 Å². The number of carbonyl (C=O) groups excluding carboxylic acids is 2. The normalized spacial score (nSPS) is 10.1. The molecule has 0 atom stereocenters. The van der Waals surface area contributed by atoms with E-state index in [2.05, 4.69) is 5.32 Å². The number of nitrogens with one attached hydrogen (secondary N) is 1. The van der Waals surface area contributed by atoms with Crippen molar-refractivity contribution in [2.24, 2.45) is 0 Å². The Labute approximate surface area is 160 Å². The van der Waals surface area contributed by atoms with Crippen molar-refractivity contribution < 1.29 is 23.1 Å². The molecule has 0 spiro atoms. The SMILES string of the molecule is N#CCc1ccc(NC(=O)COC(=O)c2ccc(-c3ccccc3F)o2)cc1. The number of hydrogen-bond donors (Lipinski definition) is 1. The third-order valence-corrected chi connectivity index (χ3v) is 3.80. The van der Waals surface area contributed by atoms with Gasteiger partial charge >= 0.3 is 5.97 Å². The van der Waals surface area contributed by atoms with E-state index in [1.807, 2.05) is 6.07 Å². The number of nitrogens with zero attached hydrogens (tertiary/aromatic N) is 1. The highest BCUT2D eigenvalue weighted by Gasteiger charge is 2.16. The van der Waals surface area contributed by atoms with Crippen molar-refractivity contribution in [3.05, 3.63) is 77.8 Å². The maximum Gasteiger partial charge on any atom is 0.374 e. The van der Waals surface area contributed by atoms with Crippen LogP contribution in [0, 0.1) is 17.1 Å². The summed E-state index contributed by atoms with van der Waals surface area (Å²) in [5.41, 5.74) is 1.57. The van der Waals surface area contributed by atoms with Crippen molar-refractivity contribution in [3.8, 4) is 17.4 Å². The Morgan fingerprint density at radius 2 is 1.82 bits per heavy atom. The summed E-state index contributed by atoms with van der Waals surface area (Å²) in [7, 11) is 0. The monoisotopic (exact) mass is 378 g/mol. The number of ether oxygens (including phenoxy) is 1. The Balaban J connectivity index is 1.55. The van der Waals surface area contributed by atoms with Crippen LogP contribution in [-0.2, 0) is 16.0 Å². The molecule has 28 heavy (non-hydrogen) atoms. The molecular formula is C21H15FN2O4. The summed E-state index contributed by atoms with van der Waals surface area (Å²) in [6.45, 7) is -0.505. The van der Waals surface area contributed by atoms with Gasteiger partial charge in [0, 0.05) is 5.69 Å². The zero-order valence-corrected chi connectivity index (χ0v) is 14.6. The molecule has 0 radical (unpaired) electrons. The molecule has 1 aromatic heterocycles. The van der Waals surface area contributed by atoms with Crippen LogP contribution in [0.1, 0.15) is 16.1 Å². The van der Waals surface area contributed by atoms with Crippen LogP contribution in [0.5, 0.6) is 0 Å². The summed E-state index contributed by atoms with van der Waals surface area (Å²) in [6.07, 6.45) is 0.282. The number of anilines is 1. The van der Waals surface area contributed by atoms with Gasteiger partial charge in [0.15, 0.2) is 6.61 Å². The molecule has 140 valence electrons. The average molecular weight is 378 g/mol. The molecule has 0 saturated heterocycles. The highest BCUT2D eigenvalue weighted by Crippen LogP contribution is 2.25. The molecule has 0 aliphatic rings. The number of esters is 1. The maximum atomic E-state index is 13.8. The van der Waals surface area contributed by atoms with Gasteiger partial charge in [-0.15, -0.1) is 0 Å². The predicted molar refractivity (Wildman–Crippen MR) is 98.8 cm³/mol. The second kappa shape index (κ2) is 8.64. The summed E-state index contributed by atoms with van der Waals surface area (Å²) in [4.78, 5) is 23.9. The minimum Gasteiger partial charge on any atom is -0.450 e. The third-order valence-electron chi connectivity index (χ3n) is 3.80. The number of amides is 1. The van der Waals surface area contributed by atoms with E-state index in [4.69, 9.17) is 14.4 Å². The van der Waals surface area contributed by atoms with Gasteiger partial charge in [0.25, 0.3) is 5.91 Å². The summed E-state index contributed by atoms with van der Waals surface area (Å²) < 4.78 is 24.0. The first-order valence-electron chi connectivity index (χ1n) is 8.34. The van der Waals surface area contributed by atoms with Gasteiger partial charge in [0.2, 0.25) is 5.76 Å². The van der Waals surface area contributed by atoms with Crippen molar-refractivity contribution >= 4 is 17.6 Å². The van der Waals surface area contributed by atoms with E-state index in [1.54, 1.807) is 36.4 Å². The summed E-state index contributed by atoms with van der Waals surface area (Å²) >= 11 is 0. The molecule has 1 N–H and O–H groups in total. The lowest BCUT2D eigenvalue weighted by molar-refractivity contribution is -0.119. The van der Waals surface area contributed by atoms with Crippen LogP contribution in [0.3, 0.4) is 0 Å². The van der Waals surface area contributed by atoms with Gasteiger partial charge in [-0.2, -0.15) is 5.26 Å². The van der Waals surface area contributed by atoms with Gasteiger partial charge in [0.1, 0.15) is 11.6 Å². The number of nitriles is 1. The topological polar surface area (TPSA) is 92.3 Å². The van der Waals surface area contributed by atoms with Crippen LogP contribution in [-0.4, -0.2) is 18.5 Å². The summed E-state index contributed by atoms with van der Waals surface area (Å²) in [6, 6.07) is 17.6. The van der Waals surface area contributed by atoms with Crippen LogP contribution < -0.4 is 5.32 Å². The minimum atomic E-state index is -0.831. The van der Waals surface area contributed by atoms with E-state index in [-0.39, 0.29) is 23.5 Å². The summed E-state index contributed by atoms with van der Waals surface area (Å²) in [5.74, 6) is -1.78. The van der Waals surface area contributed by atoms with E-state index in [0.29, 0.717) is 5.69 Å². The smallest absolute Gasteiger partial charge is 0.374 e. The van der Waals surface area contributed by atoms with Crippen molar-refractivity contribution in [2.75, 3.05) is 11.9 Å². The van der Waals surface area contributed by atoms with Crippen molar-refractivity contribution in [3.63, 3.8) is 0 Å². The van der Waals surface area contributed by atoms with Gasteiger partial charge in [-0.25, -0.2) is 9.18 Å². The Morgan fingerprint density at radius 1 is 1.07 bits per heavy atom. The largest absolute Gasteiger partial charge is 0.450 e. The number of carbonyl (C=O) groups is 2. The fourth-order valence-electron chi connectivity index (χ4n) is 2.45. The van der Waals surface area contributed by atoms with Crippen molar-refractivity contribution in [2.45, 2.75) is 6.42 Å².